The molecule has 0 spiro atoms. The number of aliphatic hydroxyl groups is 1. The van der Waals surface area contributed by atoms with Crippen LogP contribution in [0.3, 0.4) is 0 Å². The van der Waals surface area contributed by atoms with E-state index in [0.29, 0.717) is 10.8 Å². The van der Waals surface area contributed by atoms with Crippen molar-refractivity contribution in [1.29, 1.82) is 0 Å². The molecule has 1 saturated heterocycles. The largest absolute Gasteiger partial charge is 0.390 e. The van der Waals surface area contributed by atoms with Crippen molar-refractivity contribution in [2.75, 3.05) is 13.1 Å². The number of fused-ring (bicyclic) bond motifs is 5. The quantitative estimate of drug-likeness (QED) is 0.471. The highest BCUT2D eigenvalue weighted by Crippen LogP contribution is 2.68. The Hall–Kier alpha value is -0.0800. The second kappa shape index (κ2) is 8.85. The Morgan fingerprint density at radius 3 is 2.28 bits per heavy atom. The number of β-amino-alcohol motifs (C(OH)–C–C–N with tert-alkyl or cyclic N) is 1. The Balaban J connectivity index is 1.24. The van der Waals surface area contributed by atoms with Crippen LogP contribution in [0.5, 0.6) is 0 Å². The zero-order chi connectivity index (χ0) is 22.7. The van der Waals surface area contributed by atoms with Gasteiger partial charge in [-0.25, -0.2) is 0 Å². The molecule has 5 aliphatic rings. The molecule has 1 aliphatic heterocycles. The van der Waals surface area contributed by atoms with Crippen LogP contribution in [-0.4, -0.2) is 35.2 Å². The summed E-state index contributed by atoms with van der Waals surface area (Å²) in [4.78, 5) is 2.59. The highest BCUT2D eigenvalue weighted by atomic mass is 16.3. The summed E-state index contributed by atoms with van der Waals surface area (Å²) in [7, 11) is 0. The van der Waals surface area contributed by atoms with Gasteiger partial charge in [-0.2, -0.15) is 0 Å². The van der Waals surface area contributed by atoms with Gasteiger partial charge in [-0.1, -0.05) is 53.9 Å². The molecule has 0 radical (unpaired) electrons. The molecule has 1 unspecified atom stereocenters. The molecule has 0 aromatic heterocycles. The molecular weight excluding hydrogens is 390 g/mol. The summed E-state index contributed by atoms with van der Waals surface area (Å²) in [5.74, 6) is 6.75. The van der Waals surface area contributed by atoms with Gasteiger partial charge in [0.05, 0.1) is 6.10 Å². The summed E-state index contributed by atoms with van der Waals surface area (Å²) in [5.41, 5.74) is 1.23. The fourth-order valence-corrected chi connectivity index (χ4v) is 10.4. The molecule has 184 valence electrons. The standard InChI is InChI=1S/C30H53NO/c1-20(2)7-6-8-21(3)26-11-12-27-25-10-9-22-17-23(31-18-24(32)19-31)13-15-29(22,4)28(25)14-16-30(26,27)5/h20-28,32H,6-19H2,1-5H3/t21-,22+,23?,25+,26-,27+,28+,29+,30-/m1/s1. The van der Waals surface area contributed by atoms with Gasteiger partial charge in [0.15, 0.2) is 0 Å². The van der Waals surface area contributed by atoms with Crippen molar-refractivity contribution in [3.63, 3.8) is 0 Å². The smallest absolute Gasteiger partial charge is 0.0794 e. The first-order valence-electron chi connectivity index (χ1n) is 14.6. The topological polar surface area (TPSA) is 23.5 Å². The lowest BCUT2D eigenvalue weighted by molar-refractivity contribution is -0.133. The Bertz CT molecular complexity index is 655. The van der Waals surface area contributed by atoms with Crippen LogP contribution < -0.4 is 0 Å². The first kappa shape index (κ1) is 23.7. The number of likely N-dealkylation sites (tertiary alicyclic amines) is 1. The zero-order valence-corrected chi connectivity index (χ0v) is 22.0. The van der Waals surface area contributed by atoms with Crippen LogP contribution in [0.15, 0.2) is 0 Å². The van der Waals surface area contributed by atoms with E-state index < -0.39 is 0 Å². The van der Waals surface area contributed by atoms with Crippen LogP contribution in [0.1, 0.15) is 112 Å². The van der Waals surface area contributed by atoms with Crippen molar-refractivity contribution in [3.05, 3.63) is 0 Å². The third kappa shape index (κ3) is 3.92. The predicted molar refractivity (Wildman–Crippen MR) is 134 cm³/mol. The van der Waals surface area contributed by atoms with Crippen LogP contribution in [-0.2, 0) is 0 Å². The number of hydrogen-bond donors (Lipinski definition) is 1. The summed E-state index contributed by atoms with van der Waals surface area (Å²) in [6.07, 6.45) is 17.6. The van der Waals surface area contributed by atoms with E-state index in [4.69, 9.17) is 0 Å². The molecule has 4 aliphatic carbocycles. The van der Waals surface area contributed by atoms with E-state index in [1.54, 1.807) is 0 Å². The number of hydrogen-bond acceptors (Lipinski definition) is 2. The second-order valence-corrected chi connectivity index (χ2v) is 14.2. The minimum absolute atomic E-state index is 0.0434. The normalized spacial score (nSPS) is 48.1. The monoisotopic (exact) mass is 443 g/mol. The summed E-state index contributed by atoms with van der Waals surface area (Å²) in [5, 5.41) is 9.79. The fraction of sp³-hybridized carbons (Fsp3) is 1.00. The first-order valence-corrected chi connectivity index (χ1v) is 14.6. The maximum Gasteiger partial charge on any atom is 0.0794 e. The van der Waals surface area contributed by atoms with Crippen molar-refractivity contribution in [1.82, 2.24) is 4.90 Å². The molecule has 9 atom stereocenters. The Morgan fingerprint density at radius 2 is 1.56 bits per heavy atom. The minimum Gasteiger partial charge on any atom is -0.390 e. The molecule has 4 saturated carbocycles. The van der Waals surface area contributed by atoms with Crippen molar-refractivity contribution in [2.24, 2.45) is 52.3 Å². The van der Waals surface area contributed by atoms with Crippen LogP contribution >= 0.6 is 0 Å². The summed E-state index contributed by atoms with van der Waals surface area (Å²) in [6.45, 7) is 14.7. The van der Waals surface area contributed by atoms with Gasteiger partial charge in [0.2, 0.25) is 0 Å². The van der Waals surface area contributed by atoms with Gasteiger partial charge >= 0.3 is 0 Å². The molecule has 0 aromatic rings. The second-order valence-electron chi connectivity index (χ2n) is 14.2. The average Bonchev–Trinajstić information content (AvgIpc) is 3.08. The predicted octanol–water partition coefficient (Wildman–Crippen LogP) is 7.15. The van der Waals surface area contributed by atoms with Crippen LogP contribution in [0.4, 0.5) is 0 Å². The first-order chi connectivity index (χ1) is 15.2. The third-order valence-corrected chi connectivity index (χ3v) is 12.2. The van der Waals surface area contributed by atoms with E-state index in [2.05, 4.69) is 39.5 Å². The van der Waals surface area contributed by atoms with E-state index in [9.17, 15) is 5.11 Å². The lowest BCUT2D eigenvalue weighted by atomic mass is 9.44. The van der Waals surface area contributed by atoms with E-state index >= 15 is 0 Å². The highest BCUT2D eigenvalue weighted by molar-refractivity contribution is 5.10. The molecule has 32 heavy (non-hydrogen) atoms. The molecular formula is C30H53NO. The highest BCUT2D eigenvalue weighted by Gasteiger charge is 2.60. The van der Waals surface area contributed by atoms with E-state index in [1.165, 1.54) is 77.0 Å². The molecule has 0 aromatic carbocycles. The molecule has 1 N–H and O–H groups in total. The van der Waals surface area contributed by atoms with E-state index in [0.717, 1.165) is 60.6 Å². The lowest BCUT2D eigenvalue weighted by Crippen LogP contribution is -2.60. The lowest BCUT2D eigenvalue weighted by Gasteiger charge is -2.62. The van der Waals surface area contributed by atoms with Gasteiger partial charge < -0.3 is 5.11 Å². The van der Waals surface area contributed by atoms with Gasteiger partial charge in [0.25, 0.3) is 0 Å². The van der Waals surface area contributed by atoms with Crippen LogP contribution in [0, 0.1) is 52.3 Å². The van der Waals surface area contributed by atoms with Crippen molar-refractivity contribution in [3.8, 4) is 0 Å². The number of rotatable bonds is 6. The molecule has 2 nitrogen and oxygen atoms in total. The zero-order valence-electron chi connectivity index (χ0n) is 22.0. The molecule has 0 amide bonds. The SMILES string of the molecule is CC(C)CCC[C@@H](C)[C@H]1CC[C@H]2[C@@H]3CC[C@H]4CC(N5CC(O)C5)CC[C@]4(C)[C@H]3CC[C@]12C. The Labute approximate surface area is 199 Å². The van der Waals surface area contributed by atoms with Gasteiger partial charge in [-0.05, 0) is 110 Å². The summed E-state index contributed by atoms with van der Waals surface area (Å²) >= 11 is 0. The number of nitrogens with zero attached hydrogens (tertiary/aromatic N) is 1. The Morgan fingerprint density at radius 1 is 0.844 bits per heavy atom. The van der Waals surface area contributed by atoms with E-state index in [-0.39, 0.29) is 6.10 Å². The van der Waals surface area contributed by atoms with Crippen molar-refractivity contribution in [2.45, 2.75) is 124 Å². The maximum absolute atomic E-state index is 9.79. The van der Waals surface area contributed by atoms with Gasteiger partial charge in [-0.15, -0.1) is 0 Å². The molecule has 5 rings (SSSR count). The Kier molecular flexibility index (Phi) is 6.54. The van der Waals surface area contributed by atoms with Gasteiger partial charge in [0, 0.05) is 19.1 Å². The summed E-state index contributed by atoms with van der Waals surface area (Å²) < 4.78 is 0. The van der Waals surface area contributed by atoms with E-state index in [1.807, 2.05) is 0 Å². The van der Waals surface area contributed by atoms with Crippen molar-refractivity contribution < 1.29 is 5.11 Å². The maximum atomic E-state index is 9.79. The van der Waals surface area contributed by atoms with Crippen LogP contribution in [0.25, 0.3) is 0 Å². The molecule has 5 fully saturated rings. The number of aliphatic hydroxyl groups excluding tert-OH is 1. The molecule has 0 bridgehead atoms. The van der Waals surface area contributed by atoms with Crippen molar-refractivity contribution >= 4 is 0 Å². The van der Waals surface area contributed by atoms with Gasteiger partial charge in [0.1, 0.15) is 0 Å². The summed E-state index contributed by atoms with van der Waals surface area (Å²) in [6, 6.07) is 0.768. The third-order valence-electron chi connectivity index (χ3n) is 12.2. The van der Waals surface area contributed by atoms with Gasteiger partial charge in [-0.3, -0.25) is 4.90 Å². The van der Waals surface area contributed by atoms with Crippen LogP contribution in [0.2, 0.25) is 0 Å². The minimum atomic E-state index is -0.0434. The molecule has 2 heteroatoms. The average molecular weight is 444 g/mol. The fourth-order valence-electron chi connectivity index (χ4n) is 10.4. The molecule has 1 heterocycles.